The van der Waals surface area contributed by atoms with E-state index in [-0.39, 0.29) is 22.4 Å². The zero-order valence-corrected chi connectivity index (χ0v) is 20.5. The molecule has 0 atom stereocenters. The van der Waals surface area contributed by atoms with Gasteiger partial charge in [0.1, 0.15) is 17.4 Å². The summed E-state index contributed by atoms with van der Waals surface area (Å²) in [4.78, 5) is 4.11. The first-order chi connectivity index (χ1) is 15.5. The van der Waals surface area contributed by atoms with Crippen LogP contribution in [0.2, 0.25) is 10.0 Å². The van der Waals surface area contributed by atoms with Crippen molar-refractivity contribution in [3.63, 3.8) is 0 Å². The summed E-state index contributed by atoms with van der Waals surface area (Å²) in [5.74, 6) is 1.37. The van der Waals surface area contributed by atoms with E-state index in [4.69, 9.17) is 37.1 Å². The predicted octanol–water partition coefficient (Wildman–Crippen LogP) is 7.94. The Kier molecular flexibility index (Phi) is 8.13. The van der Waals surface area contributed by atoms with Crippen LogP contribution in [-0.2, 0) is 12.0 Å². The fraction of sp³-hybridized carbons (Fsp3) is 0.348. The molecule has 0 radical (unpaired) electrons. The normalized spacial score (nSPS) is 12.1. The van der Waals surface area contributed by atoms with Gasteiger partial charge in [0.15, 0.2) is 17.9 Å². The van der Waals surface area contributed by atoms with E-state index < -0.39 is 24.6 Å². The van der Waals surface area contributed by atoms with E-state index in [1.165, 1.54) is 18.2 Å². The Labute approximate surface area is 204 Å². The summed E-state index contributed by atoms with van der Waals surface area (Å²) in [7, 11) is 0. The monoisotopic (exact) mass is 519 g/mol. The van der Waals surface area contributed by atoms with E-state index in [0.29, 0.717) is 11.5 Å². The van der Waals surface area contributed by atoms with Gasteiger partial charge in [-0.3, -0.25) is 0 Å². The number of rotatable bonds is 9. The maximum Gasteiger partial charge on any atom is 0.392 e. The highest BCUT2D eigenvalue weighted by Crippen LogP contribution is 2.41. The maximum atomic E-state index is 12.4. The minimum atomic E-state index is -4.32. The van der Waals surface area contributed by atoms with Gasteiger partial charge in [0.2, 0.25) is 0 Å². The number of benzene rings is 2. The second-order valence-electron chi connectivity index (χ2n) is 7.71. The van der Waals surface area contributed by atoms with Gasteiger partial charge in [0, 0.05) is 5.41 Å². The average Bonchev–Trinajstić information content (AvgIpc) is 3.21. The van der Waals surface area contributed by atoms with Crippen LogP contribution in [0, 0.1) is 0 Å². The molecule has 4 nitrogen and oxygen atoms in total. The number of nitrogens with zero attached hydrogens (tertiary/aromatic N) is 1. The van der Waals surface area contributed by atoms with Crippen molar-refractivity contribution in [1.29, 1.82) is 0 Å². The first kappa shape index (κ1) is 25.6. The molecule has 0 amide bonds. The second-order valence-corrected chi connectivity index (χ2v) is 9.31. The zero-order chi connectivity index (χ0) is 24.2. The highest BCUT2D eigenvalue weighted by molar-refractivity contribution is 7.98. The summed E-state index contributed by atoms with van der Waals surface area (Å²) in [6.45, 7) is 3.70. The molecule has 0 aliphatic carbocycles. The van der Waals surface area contributed by atoms with Crippen LogP contribution in [0.3, 0.4) is 0 Å². The van der Waals surface area contributed by atoms with Gasteiger partial charge in [-0.25, -0.2) is 4.98 Å². The molecular weight excluding hydrogens is 498 g/mol. The van der Waals surface area contributed by atoms with Gasteiger partial charge in [0.05, 0.1) is 23.1 Å². The standard InChI is InChI=1S/C23H22Cl2F3NO3S/c1-22(2,15-10-17(24)20(18(25)11-15)30-9-8-23(26,27)28)14-4-6-16(7-5-14)31-12-19-21(33-3)29-13-32-19/h4-7,10-11,13H,8-9,12H2,1-3H3. The molecule has 10 heteroatoms. The molecule has 1 aromatic heterocycles. The van der Waals surface area contributed by atoms with Crippen LogP contribution in [0.5, 0.6) is 11.5 Å². The summed E-state index contributed by atoms with van der Waals surface area (Å²) in [6, 6.07) is 10.9. The Bertz CT molecular complexity index is 1060. The van der Waals surface area contributed by atoms with Crippen molar-refractivity contribution in [2.24, 2.45) is 0 Å². The molecule has 3 rings (SSSR count). The Hall–Kier alpha value is -2.03. The van der Waals surface area contributed by atoms with E-state index >= 15 is 0 Å². The largest absolute Gasteiger partial charge is 0.490 e. The number of alkyl halides is 3. The van der Waals surface area contributed by atoms with E-state index in [1.807, 2.05) is 44.4 Å². The first-order valence-corrected chi connectivity index (χ1v) is 11.9. The van der Waals surface area contributed by atoms with Gasteiger partial charge >= 0.3 is 6.18 Å². The lowest BCUT2D eigenvalue weighted by molar-refractivity contribution is -0.139. The Morgan fingerprint density at radius 3 is 2.21 bits per heavy atom. The van der Waals surface area contributed by atoms with Crippen molar-refractivity contribution >= 4 is 35.0 Å². The van der Waals surface area contributed by atoms with Gasteiger partial charge < -0.3 is 13.9 Å². The molecule has 1 heterocycles. The van der Waals surface area contributed by atoms with E-state index in [2.05, 4.69) is 4.98 Å². The molecule has 2 aromatic carbocycles. The van der Waals surface area contributed by atoms with Crippen LogP contribution in [0.4, 0.5) is 13.2 Å². The first-order valence-electron chi connectivity index (χ1n) is 9.90. The van der Waals surface area contributed by atoms with E-state index in [9.17, 15) is 13.2 Å². The second kappa shape index (κ2) is 10.5. The molecule has 3 aromatic rings. The fourth-order valence-corrected chi connectivity index (χ4v) is 4.21. The van der Waals surface area contributed by atoms with Crippen LogP contribution >= 0.6 is 35.0 Å². The number of ether oxygens (including phenoxy) is 2. The molecule has 0 unspecified atom stereocenters. The van der Waals surface area contributed by atoms with Crippen LogP contribution in [0.25, 0.3) is 0 Å². The number of hydrogen-bond acceptors (Lipinski definition) is 5. The number of hydrogen-bond donors (Lipinski definition) is 0. The van der Waals surface area contributed by atoms with Crippen molar-refractivity contribution in [2.75, 3.05) is 12.9 Å². The molecule has 0 saturated heterocycles. The summed E-state index contributed by atoms with van der Waals surface area (Å²) in [5.41, 5.74) is 1.27. The highest BCUT2D eigenvalue weighted by atomic mass is 35.5. The Balaban J connectivity index is 1.72. The van der Waals surface area contributed by atoms with Crippen molar-refractivity contribution in [3.05, 3.63) is 69.7 Å². The molecule has 0 saturated carbocycles. The molecular formula is C23H22Cl2F3NO3S. The topological polar surface area (TPSA) is 44.5 Å². The minimum absolute atomic E-state index is 0.0444. The molecule has 0 aliphatic heterocycles. The molecule has 0 spiro atoms. The number of thioether (sulfide) groups is 1. The summed E-state index contributed by atoms with van der Waals surface area (Å²) >= 11 is 14.1. The minimum Gasteiger partial charge on any atom is -0.490 e. The fourth-order valence-electron chi connectivity index (χ4n) is 3.13. The van der Waals surface area contributed by atoms with Gasteiger partial charge in [0.25, 0.3) is 0 Å². The van der Waals surface area contributed by atoms with E-state index in [0.717, 1.165) is 16.2 Å². The quantitative estimate of drug-likeness (QED) is 0.268. The van der Waals surface area contributed by atoms with Gasteiger partial charge in [-0.2, -0.15) is 13.2 Å². The lowest BCUT2D eigenvalue weighted by Crippen LogP contribution is -2.19. The lowest BCUT2D eigenvalue weighted by atomic mass is 9.78. The summed E-state index contributed by atoms with van der Waals surface area (Å²) < 4.78 is 53.5. The van der Waals surface area contributed by atoms with Crippen molar-refractivity contribution in [1.82, 2.24) is 4.98 Å². The van der Waals surface area contributed by atoms with Gasteiger partial charge in [-0.05, 0) is 41.6 Å². The summed E-state index contributed by atoms with van der Waals surface area (Å²) in [6.07, 6.45) is -2.10. The van der Waals surface area contributed by atoms with Crippen molar-refractivity contribution < 1.29 is 27.1 Å². The Morgan fingerprint density at radius 1 is 1.00 bits per heavy atom. The smallest absolute Gasteiger partial charge is 0.392 e. The van der Waals surface area contributed by atoms with Gasteiger partial charge in [-0.1, -0.05) is 49.2 Å². The number of oxazole rings is 1. The highest BCUT2D eigenvalue weighted by Gasteiger charge is 2.28. The van der Waals surface area contributed by atoms with E-state index in [1.54, 1.807) is 12.1 Å². The molecule has 0 aliphatic rings. The number of aromatic nitrogens is 1. The molecule has 33 heavy (non-hydrogen) atoms. The zero-order valence-electron chi connectivity index (χ0n) is 18.1. The predicted molar refractivity (Wildman–Crippen MR) is 124 cm³/mol. The van der Waals surface area contributed by atoms with Crippen LogP contribution in [-0.4, -0.2) is 24.0 Å². The van der Waals surface area contributed by atoms with Crippen LogP contribution < -0.4 is 9.47 Å². The molecule has 0 bridgehead atoms. The van der Waals surface area contributed by atoms with Crippen molar-refractivity contribution in [3.8, 4) is 11.5 Å². The summed E-state index contributed by atoms with van der Waals surface area (Å²) in [5, 5.41) is 1.10. The lowest BCUT2D eigenvalue weighted by Gasteiger charge is -2.27. The molecule has 178 valence electrons. The average molecular weight is 520 g/mol. The van der Waals surface area contributed by atoms with Crippen LogP contribution in [0.15, 0.2) is 52.2 Å². The van der Waals surface area contributed by atoms with Crippen LogP contribution in [0.1, 0.15) is 37.2 Å². The van der Waals surface area contributed by atoms with Gasteiger partial charge in [-0.15, -0.1) is 11.8 Å². The third-order valence-electron chi connectivity index (χ3n) is 5.09. The molecule has 0 fully saturated rings. The van der Waals surface area contributed by atoms with Crippen molar-refractivity contribution in [2.45, 2.75) is 43.5 Å². The third kappa shape index (κ3) is 6.52. The SMILES string of the molecule is CSc1ncoc1COc1ccc(C(C)(C)c2cc(Cl)c(OCCC(F)(F)F)c(Cl)c2)cc1. The third-order valence-corrected chi connectivity index (χ3v) is 6.38. The molecule has 0 N–H and O–H groups in total. The number of halogens is 5. The Morgan fingerprint density at radius 2 is 1.64 bits per heavy atom. The maximum absolute atomic E-state index is 12.4.